The number of hydrogen-bond acceptors (Lipinski definition) is 0. The Balaban J connectivity index is 2.44. The summed E-state index contributed by atoms with van der Waals surface area (Å²) >= 11 is 0. The van der Waals surface area contributed by atoms with Crippen LogP contribution in [0, 0.1) is 6.92 Å². The Kier molecular flexibility index (Phi) is 3.63. The fourth-order valence-electron chi connectivity index (χ4n) is 2.52. The lowest BCUT2D eigenvalue weighted by molar-refractivity contribution is 0.883. The van der Waals surface area contributed by atoms with Gasteiger partial charge >= 0.3 is 0 Å². The molecule has 0 nitrogen and oxygen atoms in total. The highest BCUT2D eigenvalue weighted by Gasteiger charge is 2.12. The SMILES string of the molecule is CCc1ccccc1C(C)c1ccccc1C. The molecule has 2 rings (SSSR count). The van der Waals surface area contributed by atoms with E-state index in [9.17, 15) is 0 Å². The van der Waals surface area contributed by atoms with Crippen molar-refractivity contribution in [1.82, 2.24) is 0 Å². The van der Waals surface area contributed by atoms with Crippen LogP contribution in [-0.2, 0) is 6.42 Å². The largest absolute Gasteiger partial charge is 0.0620 e. The van der Waals surface area contributed by atoms with Crippen molar-refractivity contribution in [2.75, 3.05) is 0 Å². The van der Waals surface area contributed by atoms with Gasteiger partial charge in [0.2, 0.25) is 0 Å². The van der Waals surface area contributed by atoms with E-state index in [0.29, 0.717) is 5.92 Å². The van der Waals surface area contributed by atoms with Gasteiger partial charge in [0.1, 0.15) is 0 Å². The Morgan fingerprint density at radius 1 is 0.882 bits per heavy atom. The molecule has 0 aliphatic heterocycles. The summed E-state index contributed by atoms with van der Waals surface area (Å²) in [6.45, 7) is 6.72. The second kappa shape index (κ2) is 5.18. The summed E-state index contributed by atoms with van der Waals surface area (Å²) in [5, 5.41) is 0. The Hall–Kier alpha value is -1.56. The Labute approximate surface area is 104 Å². The van der Waals surface area contributed by atoms with E-state index in [2.05, 4.69) is 69.3 Å². The van der Waals surface area contributed by atoms with Crippen LogP contribution in [-0.4, -0.2) is 0 Å². The highest BCUT2D eigenvalue weighted by atomic mass is 14.2. The van der Waals surface area contributed by atoms with E-state index in [0.717, 1.165) is 6.42 Å². The molecule has 2 aromatic carbocycles. The summed E-state index contributed by atoms with van der Waals surface area (Å²) in [5.74, 6) is 0.479. The summed E-state index contributed by atoms with van der Waals surface area (Å²) in [4.78, 5) is 0. The van der Waals surface area contributed by atoms with Crippen LogP contribution in [0.3, 0.4) is 0 Å². The minimum Gasteiger partial charge on any atom is -0.0620 e. The first-order chi connectivity index (χ1) is 8.24. The summed E-state index contributed by atoms with van der Waals surface area (Å²) in [5.41, 5.74) is 5.74. The predicted octanol–water partition coefficient (Wildman–Crippen LogP) is 4.71. The first-order valence-corrected chi connectivity index (χ1v) is 6.37. The van der Waals surface area contributed by atoms with Crippen LogP contribution in [0.1, 0.15) is 42.0 Å². The monoisotopic (exact) mass is 224 g/mol. The van der Waals surface area contributed by atoms with Gasteiger partial charge in [-0.3, -0.25) is 0 Å². The quantitative estimate of drug-likeness (QED) is 0.708. The van der Waals surface area contributed by atoms with Gasteiger partial charge in [0.15, 0.2) is 0 Å². The molecule has 0 fully saturated rings. The summed E-state index contributed by atoms with van der Waals surface area (Å²) in [6, 6.07) is 17.5. The number of rotatable bonds is 3. The highest BCUT2D eigenvalue weighted by Crippen LogP contribution is 2.29. The van der Waals surface area contributed by atoms with Gasteiger partial charge in [0.05, 0.1) is 0 Å². The van der Waals surface area contributed by atoms with Gasteiger partial charge in [-0.05, 0) is 35.6 Å². The smallest absolute Gasteiger partial charge is 0.00663 e. The zero-order valence-corrected chi connectivity index (χ0v) is 10.9. The molecule has 0 radical (unpaired) electrons. The van der Waals surface area contributed by atoms with Gasteiger partial charge in [-0.25, -0.2) is 0 Å². The first kappa shape index (κ1) is 11.9. The molecule has 0 aliphatic rings. The molecule has 1 unspecified atom stereocenters. The number of benzene rings is 2. The van der Waals surface area contributed by atoms with Crippen molar-refractivity contribution in [1.29, 1.82) is 0 Å². The van der Waals surface area contributed by atoms with Gasteiger partial charge < -0.3 is 0 Å². The van der Waals surface area contributed by atoms with Crippen LogP contribution >= 0.6 is 0 Å². The maximum Gasteiger partial charge on any atom is 0.00663 e. The minimum atomic E-state index is 0.479. The molecular formula is C17H20. The van der Waals surface area contributed by atoms with E-state index in [1.165, 1.54) is 22.3 Å². The van der Waals surface area contributed by atoms with E-state index in [4.69, 9.17) is 0 Å². The predicted molar refractivity (Wildman–Crippen MR) is 74.5 cm³/mol. The fourth-order valence-corrected chi connectivity index (χ4v) is 2.52. The average molecular weight is 224 g/mol. The lowest BCUT2D eigenvalue weighted by Crippen LogP contribution is -2.02. The molecule has 1 atom stereocenters. The molecule has 0 bridgehead atoms. The maximum atomic E-state index is 2.30. The zero-order chi connectivity index (χ0) is 12.3. The topological polar surface area (TPSA) is 0 Å². The maximum absolute atomic E-state index is 2.30. The van der Waals surface area contributed by atoms with Crippen molar-refractivity contribution in [2.24, 2.45) is 0 Å². The second-order valence-electron chi connectivity index (χ2n) is 4.63. The van der Waals surface area contributed by atoms with Crippen LogP contribution in [0.15, 0.2) is 48.5 Å². The lowest BCUT2D eigenvalue weighted by atomic mass is 9.87. The molecule has 0 saturated carbocycles. The molecule has 2 aromatic rings. The molecule has 0 amide bonds. The molecule has 0 aromatic heterocycles. The average Bonchev–Trinajstić information content (AvgIpc) is 2.38. The standard InChI is InChI=1S/C17H20/c1-4-15-10-6-8-12-17(15)14(3)16-11-7-5-9-13(16)2/h5-12,14H,4H2,1-3H3. The highest BCUT2D eigenvalue weighted by molar-refractivity contribution is 5.40. The third-order valence-electron chi connectivity index (χ3n) is 3.56. The van der Waals surface area contributed by atoms with Crippen molar-refractivity contribution in [2.45, 2.75) is 33.1 Å². The minimum absolute atomic E-state index is 0.479. The number of hydrogen-bond donors (Lipinski definition) is 0. The van der Waals surface area contributed by atoms with Gasteiger partial charge in [0.25, 0.3) is 0 Å². The third kappa shape index (κ3) is 2.41. The van der Waals surface area contributed by atoms with Gasteiger partial charge in [-0.2, -0.15) is 0 Å². The van der Waals surface area contributed by atoms with Crippen LogP contribution in [0.5, 0.6) is 0 Å². The lowest BCUT2D eigenvalue weighted by Gasteiger charge is -2.18. The van der Waals surface area contributed by atoms with E-state index < -0.39 is 0 Å². The van der Waals surface area contributed by atoms with Crippen molar-refractivity contribution < 1.29 is 0 Å². The van der Waals surface area contributed by atoms with E-state index in [-0.39, 0.29) is 0 Å². The Morgan fingerprint density at radius 3 is 2.12 bits per heavy atom. The Morgan fingerprint density at radius 2 is 1.47 bits per heavy atom. The molecule has 88 valence electrons. The molecule has 0 aliphatic carbocycles. The van der Waals surface area contributed by atoms with Crippen molar-refractivity contribution in [3.05, 3.63) is 70.8 Å². The molecule has 0 N–H and O–H groups in total. The summed E-state index contributed by atoms with van der Waals surface area (Å²) in [7, 11) is 0. The van der Waals surface area contributed by atoms with E-state index in [1.807, 2.05) is 0 Å². The zero-order valence-electron chi connectivity index (χ0n) is 10.9. The van der Waals surface area contributed by atoms with Gasteiger partial charge in [-0.15, -0.1) is 0 Å². The van der Waals surface area contributed by atoms with Gasteiger partial charge in [0, 0.05) is 5.92 Å². The third-order valence-corrected chi connectivity index (χ3v) is 3.56. The van der Waals surface area contributed by atoms with Crippen LogP contribution < -0.4 is 0 Å². The fraction of sp³-hybridized carbons (Fsp3) is 0.294. The van der Waals surface area contributed by atoms with E-state index in [1.54, 1.807) is 0 Å². The molecule has 0 saturated heterocycles. The van der Waals surface area contributed by atoms with Crippen molar-refractivity contribution in [3.63, 3.8) is 0 Å². The molecule has 17 heavy (non-hydrogen) atoms. The van der Waals surface area contributed by atoms with Crippen LogP contribution in [0.25, 0.3) is 0 Å². The number of aryl methyl sites for hydroxylation is 2. The molecule has 0 heterocycles. The molecule has 0 heteroatoms. The van der Waals surface area contributed by atoms with Gasteiger partial charge in [-0.1, -0.05) is 62.4 Å². The molecular weight excluding hydrogens is 204 g/mol. The normalized spacial score (nSPS) is 12.4. The van der Waals surface area contributed by atoms with Crippen LogP contribution in [0.4, 0.5) is 0 Å². The molecule has 0 spiro atoms. The van der Waals surface area contributed by atoms with Crippen molar-refractivity contribution in [3.8, 4) is 0 Å². The summed E-state index contributed by atoms with van der Waals surface area (Å²) < 4.78 is 0. The Bertz CT molecular complexity index is 497. The van der Waals surface area contributed by atoms with Crippen molar-refractivity contribution >= 4 is 0 Å². The van der Waals surface area contributed by atoms with E-state index >= 15 is 0 Å². The second-order valence-corrected chi connectivity index (χ2v) is 4.63. The summed E-state index contributed by atoms with van der Waals surface area (Å²) in [6.07, 6.45) is 1.10. The first-order valence-electron chi connectivity index (χ1n) is 6.37. The van der Waals surface area contributed by atoms with Crippen LogP contribution in [0.2, 0.25) is 0 Å².